The Bertz CT molecular complexity index is 606. The van der Waals surface area contributed by atoms with Gasteiger partial charge in [-0.25, -0.2) is 4.39 Å². The Morgan fingerprint density at radius 1 is 1.30 bits per heavy atom. The molecule has 2 aromatic rings. The van der Waals surface area contributed by atoms with E-state index >= 15 is 0 Å². The third kappa shape index (κ3) is 3.53. The zero-order valence-electron chi connectivity index (χ0n) is 11.0. The van der Waals surface area contributed by atoms with Gasteiger partial charge in [0.15, 0.2) is 0 Å². The van der Waals surface area contributed by atoms with Crippen molar-refractivity contribution in [3.63, 3.8) is 0 Å². The van der Waals surface area contributed by atoms with Gasteiger partial charge in [-0.2, -0.15) is 0 Å². The van der Waals surface area contributed by atoms with E-state index in [0.717, 1.165) is 16.2 Å². The minimum Gasteiger partial charge on any atom is -0.457 e. The molecule has 0 aliphatic heterocycles. The van der Waals surface area contributed by atoms with E-state index in [2.05, 4.69) is 22.9 Å². The zero-order chi connectivity index (χ0) is 14.5. The molecule has 0 aromatic heterocycles. The van der Waals surface area contributed by atoms with Gasteiger partial charge >= 0.3 is 0 Å². The van der Waals surface area contributed by atoms with E-state index in [1.54, 1.807) is 23.9 Å². The van der Waals surface area contributed by atoms with Crippen molar-refractivity contribution in [2.45, 2.75) is 18.4 Å². The van der Waals surface area contributed by atoms with Gasteiger partial charge in [0.05, 0.1) is 4.47 Å². The van der Waals surface area contributed by atoms with Crippen LogP contribution < -0.4 is 10.5 Å². The molecule has 2 aromatic carbocycles. The monoisotopic (exact) mass is 355 g/mol. The number of hydrogen-bond acceptors (Lipinski definition) is 3. The highest BCUT2D eigenvalue weighted by Crippen LogP contribution is 2.33. The van der Waals surface area contributed by atoms with E-state index < -0.39 is 0 Å². The second-order valence-electron chi connectivity index (χ2n) is 4.05. The summed E-state index contributed by atoms with van der Waals surface area (Å²) in [5, 5.41) is 0. The van der Waals surface area contributed by atoms with Gasteiger partial charge in [0, 0.05) is 17.0 Å². The van der Waals surface area contributed by atoms with E-state index in [9.17, 15) is 4.39 Å². The number of nitrogens with two attached hydrogens (primary N) is 1. The molecule has 0 fully saturated rings. The van der Waals surface area contributed by atoms with Gasteiger partial charge in [0.25, 0.3) is 0 Å². The molecule has 0 unspecified atom stereocenters. The molecule has 0 atom stereocenters. The highest BCUT2D eigenvalue weighted by Gasteiger charge is 2.10. The highest BCUT2D eigenvalue weighted by molar-refractivity contribution is 9.10. The van der Waals surface area contributed by atoms with Crippen molar-refractivity contribution in [3.8, 4) is 11.5 Å². The van der Waals surface area contributed by atoms with E-state index in [-0.39, 0.29) is 5.82 Å². The van der Waals surface area contributed by atoms with Crippen molar-refractivity contribution in [1.29, 1.82) is 0 Å². The maximum atomic E-state index is 13.2. The molecule has 106 valence electrons. The predicted octanol–water partition coefficient (Wildman–Crippen LogP) is 4.95. The summed E-state index contributed by atoms with van der Waals surface area (Å²) in [6.07, 6.45) is 0. The molecular weight excluding hydrogens is 341 g/mol. The first-order valence-electron chi connectivity index (χ1n) is 6.23. The van der Waals surface area contributed by atoms with Gasteiger partial charge in [0.1, 0.15) is 17.3 Å². The number of benzene rings is 2. The fraction of sp³-hybridized carbons (Fsp3) is 0.200. The first-order chi connectivity index (χ1) is 9.65. The topological polar surface area (TPSA) is 35.2 Å². The molecule has 0 aliphatic rings. The fourth-order valence-corrected chi connectivity index (χ4v) is 3.00. The number of ether oxygens (including phenoxy) is 1. The van der Waals surface area contributed by atoms with Gasteiger partial charge in [-0.15, -0.1) is 11.8 Å². The number of thioether (sulfide) groups is 1. The first-order valence-corrected chi connectivity index (χ1v) is 8.01. The molecule has 0 heterocycles. The fourth-order valence-electron chi connectivity index (χ4n) is 1.80. The van der Waals surface area contributed by atoms with E-state index in [1.807, 2.05) is 18.2 Å². The molecule has 0 bridgehead atoms. The van der Waals surface area contributed by atoms with Crippen LogP contribution in [0.5, 0.6) is 11.5 Å². The second kappa shape index (κ2) is 7.11. The van der Waals surface area contributed by atoms with Crippen molar-refractivity contribution in [2.24, 2.45) is 5.73 Å². The molecule has 20 heavy (non-hydrogen) atoms. The van der Waals surface area contributed by atoms with Gasteiger partial charge in [-0.1, -0.05) is 13.0 Å². The van der Waals surface area contributed by atoms with Crippen molar-refractivity contribution in [2.75, 3.05) is 5.75 Å². The smallest absolute Gasteiger partial charge is 0.137 e. The van der Waals surface area contributed by atoms with Gasteiger partial charge in [-0.05, 0) is 52.0 Å². The third-order valence-electron chi connectivity index (χ3n) is 2.71. The number of rotatable bonds is 5. The average Bonchev–Trinajstić information content (AvgIpc) is 2.44. The van der Waals surface area contributed by atoms with Crippen LogP contribution in [0.3, 0.4) is 0 Å². The van der Waals surface area contributed by atoms with E-state index in [4.69, 9.17) is 10.5 Å². The zero-order valence-corrected chi connectivity index (χ0v) is 13.4. The molecule has 0 saturated heterocycles. The maximum Gasteiger partial charge on any atom is 0.137 e. The molecule has 2 N–H and O–H groups in total. The average molecular weight is 356 g/mol. The molecule has 0 saturated carbocycles. The summed E-state index contributed by atoms with van der Waals surface area (Å²) in [5.41, 5.74) is 6.80. The molecule has 2 rings (SSSR count). The van der Waals surface area contributed by atoms with Crippen LogP contribution in [0, 0.1) is 5.82 Å². The maximum absolute atomic E-state index is 13.2. The molecule has 0 aliphatic carbocycles. The van der Waals surface area contributed by atoms with Crippen LogP contribution in [0.25, 0.3) is 0 Å². The molecule has 2 nitrogen and oxygen atoms in total. The van der Waals surface area contributed by atoms with Crippen LogP contribution in [-0.4, -0.2) is 5.75 Å². The van der Waals surface area contributed by atoms with Crippen LogP contribution in [0.4, 0.5) is 4.39 Å². The van der Waals surface area contributed by atoms with Crippen LogP contribution in [0.2, 0.25) is 0 Å². The van der Waals surface area contributed by atoms with Crippen LogP contribution in [-0.2, 0) is 6.54 Å². The summed E-state index contributed by atoms with van der Waals surface area (Å²) in [4.78, 5) is 1.12. The molecule has 0 radical (unpaired) electrons. The van der Waals surface area contributed by atoms with Crippen molar-refractivity contribution in [1.82, 2.24) is 0 Å². The summed E-state index contributed by atoms with van der Waals surface area (Å²) in [7, 11) is 0. The molecule has 0 spiro atoms. The Morgan fingerprint density at radius 2 is 2.10 bits per heavy atom. The minimum atomic E-state index is -0.313. The summed E-state index contributed by atoms with van der Waals surface area (Å²) < 4.78 is 19.4. The molecule has 5 heteroatoms. The van der Waals surface area contributed by atoms with Gasteiger partial charge < -0.3 is 10.5 Å². The standard InChI is InChI=1S/C15H15BrFNOS/c1-2-20-15-5-3-4-14(11(15)9-18)19-10-6-7-13(17)12(16)8-10/h3-8H,2,9,18H2,1H3. The summed E-state index contributed by atoms with van der Waals surface area (Å²) in [6.45, 7) is 2.50. The largest absolute Gasteiger partial charge is 0.457 e. The first kappa shape index (κ1) is 15.4. The Labute approximate surface area is 130 Å². The van der Waals surface area contributed by atoms with E-state index in [0.29, 0.717) is 22.5 Å². The summed E-state index contributed by atoms with van der Waals surface area (Å²) in [5.74, 6) is 1.95. The number of hydrogen-bond donors (Lipinski definition) is 1. The minimum absolute atomic E-state index is 0.313. The lowest BCUT2D eigenvalue weighted by Gasteiger charge is -2.13. The van der Waals surface area contributed by atoms with Crippen molar-refractivity contribution < 1.29 is 9.13 Å². The Hall–Kier alpha value is -1.04. The van der Waals surface area contributed by atoms with Crippen LogP contribution in [0.15, 0.2) is 45.8 Å². The quantitative estimate of drug-likeness (QED) is 0.770. The summed E-state index contributed by atoms with van der Waals surface area (Å²) in [6, 6.07) is 10.4. The lowest BCUT2D eigenvalue weighted by atomic mass is 10.2. The predicted molar refractivity (Wildman–Crippen MR) is 84.9 cm³/mol. The Morgan fingerprint density at radius 3 is 2.75 bits per heavy atom. The highest BCUT2D eigenvalue weighted by atomic mass is 79.9. The van der Waals surface area contributed by atoms with Crippen LogP contribution >= 0.6 is 27.7 Å². The third-order valence-corrected chi connectivity index (χ3v) is 4.30. The van der Waals surface area contributed by atoms with Gasteiger partial charge in [0.2, 0.25) is 0 Å². The molecule has 0 amide bonds. The lowest BCUT2D eigenvalue weighted by Crippen LogP contribution is -2.01. The van der Waals surface area contributed by atoms with Crippen molar-refractivity contribution in [3.05, 3.63) is 52.3 Å². The SMILES string of the molecule is CCSc1cccc(Oc2ccc(F)c(Br)c2)c1CN. The normalized spacial score (nSPS) is 10.6. The van der Waals surface area contributed by atoms with Crippen molar-refractivity contribution >= 4 is 27.7 Å². The number of halogens is 2. The second-order valence-corrected chi connectivity index (χ2v) is 6.21. The lowest BCUT2D eigenvalue weighted by molar-refractivity contribution is 0.471. The van der Waals surface area contributed by atoms with Crippen LogP contribution in [0.1, 0.15) is 12.5 Å². The Balaban J connectivity index is 2.32. The molecular formula is C15H15BrFNOS. The van der Waals surface area contributed by atoms with Gasteiger partial charge in [-0.3, -0.25) is 0 Å². The Kier molecular flexibility index (Phi) is 5.46. The summed E-state index contributed by atoms with van der Waals surface area (Å²) >= 11 is 4.88. The van der Waals surface area contributed by atoms with E-state index in [1.165, 1.54) is 6.07 Å².